The molecule has 0 fully saturated rings. The third kappa shape index (κ3) is 2.94. The van der Waals surface area contributed by atoms with Crippen LogP contribution >= 0.6 is 0 Å². The number of fused-ring (bicyclic) bond motifs is 1. The largest absolute Gasteiger partial charge is 0.492 e. The highest BCUT2D eigenvalue weighted by atomic mass is 16.5. The van der Waals surface area contributed by atoms with Crippen molar-refractivity contribution >= 4 is 0 Å². The van der Waals surface area contributed by atoms with Gasteiger partial charge in [0.05, 0.1) is 6.04 Å². The van der Waals surface area contributed by atoms with E-state index in [9.17, 15) is 0 Å². The Morgan fingerprint density at radius 2 is 2.17 bits per heavy atom. The topological polar surface area (TPSA) is 47.7 Å². The number of hydrogen-bond donors (Lipinski definition) is 1. The van der Waals surface area contributed by atoms with Crippen LogP contribution < -0.4 is 15.2 Å². The average molecular weight is 250 g/mol. The maximum absolute atomic E-state index is 5.90. The standard InChI is InChI=1S/C14H22N2O2/c1-3-16(4-2)7-8-17-11-5-6-12-13(15)10-18-14(12)9-11/h5-6,9,13H,3-4,7-8,10,15H2,1-2H3. The summed E-state index contributed by atoms with van der Waals surface area (Å²) in [4.78, 5) is 2.33. The van der Waals surface area contributed by atoms with E-state index >= 15 is 0 Å². The maximum Gasteiger partial charge on any atom is 0.127 e. The molecule has 1 aromatic rings. The second kappa shape index (κ2) is 6.07. The zero-order chi connectivity index (χ0) is 13.0. The molecular weight excluding hydrogens is 228 g/mol. The molecule has 1 heterocycles. The van der Waals surface area contributed by atoms with Gasteiger partial charge in [0, 0.05) is 18.2 Å². The normalized spacial score (nSPS) is 17.7. The van der Waals surface area contributed by atoms with Crippen LogP contribution in [-0.2, 0) is 0 Å². The quantitative estimate of drug-likeness (QED) is 0.836. The molecule has 1 aliphatic heterocycles. The van der Waals surface area contributed by atoms with Crippen molar-refractivity contribution < 1.29 is 9.47 Å². The zero-order valence-corrected chi connectivity index (χ0v) is 11.2. The van der Waals surface area contributed by atoms with Gasteiger partial charge < -0.3 is 20.1 Å². The second-order valence-electron chi connectivity index (χ2n) is 4.49. The van der Waals surface area contributed by atoms with Crippen molar-refractivity contribution in [2.75, 3.05) is 32.8 Å². The highest BCUT2D eigenvalue weighted by molar-refractivity contribution is 5.44. The number of nitrogens with two attached hydrogens (primary N) is 1. The van der Waals surface area contributed by atoms with Gasteiger partial charge in [0.25, 0.3) is 0 Å². The van der Waals surface area contributed by atoms with Crippen molar-refractivity contribution in [2.24, 2.45) is 5.73 Å². The summed E-state index contributed by atoms with van der Waals surface area (Å²) in [7, 11) is 0. The summed E-state index contributed by atoms with van der Waals surface area (Å²) in [5, 5.41) is 0. The number of hydrogen-bond acceptors (Lipinski definition) is 4. The van der Waals surface area contributed by atoms with E-state index in [1.807, 2.05) is 18.2 Å². The van der Waals surface area contributed by atoms with Crippen LogP contribution in [0.1, 0.15) is 25.5 Å². The zero-order valence-electron chi connectivity index (χ0n) is 11.2. The minimum Gasteiger partial charge on any atom is -0.492 e. The first-order valence-electron chi connectivity index (χ1n) is 6.62. The van der Waals surface area contributed by atoms with Crippen molar-refractivity contribution in [2.45, 2.75) is 19.9 Å². The lowest BCUT2D eigenvalue weighted by Crippen LogP contribution is -2.27. The molecular formula is C14H22N2O2. The van der Waals surface area contributed by atoms with Gasteiger partial charge in [-0.2, -0.15) is 0 Å². The highest BCUT2D eigenvalue weighted by Crippen LogP contribution is 2.33. The van der Waals surface area contributed by atoms with E-state index in [4.69, 9.17) is 15.2 Å². The molecule has 0 spiro atoms. The Labute approximate surface area is 109 Å². The molecule has 0 saturated heterocycles. The molecule has 0 aromatic heterocycles. The van der Waals surface area contributed by atoms with Crippen molar-refractivity contribution in [1.29, 1.82) is 0 Å². The first-order valence-corrected chi connectivity index (χ1v) is 6.62. The summed E-state index contributed by atoms with van der Waals surface area (Å²) in [6.07, 6.45) is 0. The van der Waals surface area contributed by atoms with Crippen LogP contribution in [-0.4, -0.2) is 37.7 Å². The Bertz CT molecular complexity index is 391. The van der Waals surface area contributed by atoms with E-state index in [1.165, 1.54) is 0 Å². The number of rotatable bonds is 6. The van der Waals surface area contributed by atoms with Crippen LogP contribution in [0.3, 0.4) is 0 Å². The molecule has 18 heavy (non-hydrogen) atoms. The molecule has 1 aliphatic rings. The highest BCUT2D eigenvalue weighted by Gasteiger charge is 2.20. The van der Waals surface area contributed by atoms with Crippen molar-refractivity contribution in [1.82, 2.24) is 4.90 Å². The maximum atomic E-state index is 5.90. The monoisotopic (exact) mass is 250 g/mol. The first kappa shape index (κ1) is 13.2. The fraction of sp³-hybridized carbons (Fsp3) is 0.571. The molecule has 1 unspecified atom stereocenters. The van der Waals surface area contributed by atoms with E-state index in [0.717, 1.165) is 36.7 Å². The number of benzene rings is 1. The van der Waals surface area contributed by atoms with Crippen LogP contribution in [0.2, 0.25) is 0 Å². The minimum atomic E-state index is 0.00437. The summed E-state index contributed by atoms with van der Waals surface area (Å²) in [5.74, 6) is 1.72. The lowest BCUT2D eigenvalue weighted by atomic mass is 10.1. The summed E-state index contributed by atoms with van der Waals surface area (Å²) in [6, 6.07) is 5.91. The minimum absolute atomic E-state index is 0.00437. The molecule has 2 rings (SSSR count). The van der Waals surface area contributed by atoms with E-state index in [0.29, 0.717) is 13.2 Å². The molecule has 1 aromatic carbocycles. The summed E-state index contributed by atoms with van der Waals surface area (Å²) in [6.45, 7) is 8.65. The van der Waals surface area contributed by atoms with Crippen LogP contribution in [0.5, 0.6) is 11.5 Å². The molecule has 0 aliphatic carbocycles. The van der Waals surface area contributed by atoms with Gasteiger partial charge in [-0.1, -0.05) is 13.8 Å². The smallest absolute Gasteiger partial charge is 0.127 e. The fourth-order valence-corrected chi connectivity index (χ4v) is 2.14. The Hall–Kier alpha value is -1.26. The van der Waals surface area contributed by atoms with Gasteiger partial charge >= 0.3 is 0 Å². The van der Waals surface area contributed by atoms with Crippen molar-refractivity contribution in [3.05, 3.63) is 23.8 Å². The first-order chi connectivity index (χ1) is 8.74. The predicted molar refractivity (Wildman–Crippen MR) is 72.1 cm³/mol. The third-order valence-electron chi connectivity index (χ3n) is 3.37. The molecule has 0 radical (unpaired) electrons. The molecule has 100 valence electrons. The van der Waals surface area contributed by atoms with Crippen LogP contribution in [0, 0.1) is 0 Å². The molecule has 4 heteroatoms. The Balaban J connectivity index is 1.87. The molecule has 4 nitrogen and oxygen atoms in total. The summed E-state index contributed by atoms with van der Waals surface area (Å²) >= 11 is 0. The van der Waals surface area contributed by atoms with Crippen LogP contribution in [0.25, 0.3) is 0 Å². The molecule has 0 saturated carbocycles. The molecule has 2 N–H and O–H groups in total. The van der Waals surface area contributed by atoms with Crippen LogP contribution in [0.15, 0.2) is 18.2 Å². The number of nitrogens with zero attached hydrogens (tertiary/aromatic N) is 1. The molecule has 1 atom stereocenters. The van der Waals surface area contributed by atoms with E-state index < -0.39 is 0 Å². The Kier molecular flexibility index (Phi) is 4.44. The number of likely N-dealkylation sites (N-methyl/N-ethyl adjacent to an activating group) is 1. The van der Waals surface area contributed by atoms with Gasteiger partial charge in [0.1, 0.15) is 24.7 Å². The summed E-state index contributed by atoms with van der Waals surface area (Å²) < 4.78 is 11.2. The fourth-order valence-electron chi connectivity index (χ4n) is 2.14. The lowest BCUT2D eigenvalue weighted by Gasteiger charge is -2.18. The van der Waals surface area contributed by atoms with Gasteiger partial charge in [0.2, 0.25) is 0 Å². The van der Waals surface area contributed by atoms with Crippen LogP contribution in [0.4, 0.5) is 0 Å². The van der Waals surface area contributed by atoms with Crippen molar-refractivity contribution in [3.8, 4) is 11.5 Å². The Morgan fingerprint density at radius 3 is 2.89 bits per heavy atom. The Morgan fingerprint density at radius 1 is 1.39 bits per heavy atom. The van der Waals surface area contributed by atoms with Gasteiger partial charge in [-0.15, -0.1) is 0 Å². The van der Waals surface area contributed by atoms with E-state index in [-0.39, 0.29) is 6.04 Å². The van der Waals surface area contributed by atoms with Gasteiger partial charge in [-0.05, 0) is 25.2 Å². The molecule has 0 bridgehead atoms. The van der Waals surface area contributed by atoms with Gasteiger partial charge in [0.15, 0.2) is 0 Å². The average Bonchev–Trinajstić information content (AvgIpc) is 2.76. The third-order valence-corrected chi connectivity index (χ3v) is 3.37. The van der Waals surface area contributed by atoms with Gasteiger partial charge in [-0.3, -0.25) is 0 Å². The number of ether oxygens (including phenoxy) is 2. The van der Waals surface area contributed by atoms with E-state index in [2.05, 4.69) is 18.7 Å². The van der Waals surface area contributed by atoms with Crippen molar-refractivity contribution in [3.63, 3.8) is 0 Å². The second-order valence-corrected chi connectivity index (χ2v) is 4.49. The SMILES string of the molecule is CCN(CC)CCOc1ccc2c(c1)OCC2N. The predicted octanol–water partition coefficient (Wildman–Crippen LogP) is 1.80. The molecule has 0 amide bonds. The lowest BCUT2D eigenvalue weighted by molar-refractivity contribution is 0.222. The van der Waals surface area contributed by atoms with E-state index in [1.54, 1.807) is 0 Å². The van der Waals surface area contributed by atoms with Gasteiger partial charge in [-0.25, -0.2) is 0 Å². The summed E-state index contributed by atoms with van der Waals surface area (Å²) in [5.41, 5.74) is 6.97.